The van der Waals surface area contributed by atoms with E-state index in [1.54, 1.807) is 0 Å². The third kappa shape index (κ3) is 7.11. The standard InChI is InChI=1S/C62H80BIN2/c1-19-62(18)47(32-38(2)59(62,12)13)40-22-30-50-48(33-40)63-49-34-42(57(6,7)8)25-31-51(49)66(45-28-23-41(24-29-45)56(3,4)5)53-36-43(58(9,10)11)35-52(55(53)63)65(50)44-26-20-39(21-27-44)46-37-54(64)61(16,17)60(46,14)15/h20-31,33-36,38,46-47,54H,19,32,37H2,1-18H3. The molecule has 2 aliphatic carbocycles. The number of rotatable bonds is 5. The molecule has 4 aliphatic rings. The molecule has 2 nitrogen and oxygen atoms in total. The summed E-state index contributed by atoms with van der Waals surface area (Å²) in [4.78, 5) is 5.28. The molecular weight excluding hydrogens is 910 g/mol. The first-order chi connectivity index (χ1) is 30.5. The molecule has 0 N–H and O–H groups in total. The van der Waals surface area contributed by atoms with Crippen LogP contribution in [-0.4, -0.2) is 10.6 Å². The molecule has 5 aromatic carbocycles. The Morgan fingerprint density at radius 3 is 1.47 bits per heavy atom. The van der Waals surface area contributed by atoms with Gasteiger partial charge in [-0.25, -0.2) is 0 Å². The van der Waals surface area contributed by atoms with Crippen LogP contribution in [0.2, 0.25) is 0 Å². The van der Waals surface area contributed by atoms with Crippen molar-refractivity contribution in [1.29, 1.82) is 0 Å². The minimum absolute atomic E-state index is 0.00450. The van der Waals surface area contributed by atoms with Crippen molar-refractivity contribution in [3.63, 3.8) is 0 Å². The van der Waals surface area contributed by atoms with Gasteiger partial charge in [0.1, 0.15) is 0 Å². The van der Waals surface area contributed by atoms with Crippen LogP contribution in [-0.2, 0) is 16.2 Å². The Hall–Kier alpha value is -3.51. The molecule has 0 aromatic heterocycles. The second-order valence-corrected chi connectivity index (χ2v) is 27.9. The molecule has 2 aliphatic heterocycles. The zero-order chi connectivity index (χ0) is 48.1. The number of alkyl halides is 1. The van der Waals surface area contributed by atoms with E-state index in [0.717, 1.165) is 0 Å². The summed E-state index contributed by atoms with van der Waals surface area (Å²) in [6.07, 6.45) is 3.61. The number of anilines is 6. The average Bonchev–Trinajstić information content (AvgIpc) is 3.53. The summed E-state index contributed by atoms with van der Waals surface area (Å²) < 4.78 is 0.638. The van der Waals surface area contributed by atoms with Crippen molar-refractivity contribution >= 4 is 79.8 Å². The third-order valence-electron chi connectivity index (χ3n) is 19.3. The van der Waals surface area contributed by atoms with Crippen LogP contribution in [0.1, 0.15) is 184 Å². The Morgan fingerprint density at radius 1 is 0.515 bits per heavy atom. The van der Waals surface area contributed by atoms with Gasteiger partial charge < -0.3 is 9.80 Å². The number of halogens is 1. The third-order valence-corrected chi connectivity index (χ3v) is 21.4. The van der Waals surface area contributed by atoms with Crippen molar-refractivity contribution < 1.29 is 0 Å². The first kappa shape index (κ1) is 47.6. The molecule has 5 atom stereocenters. The maximum Gasteiger partial charge on any atom is 0.252 e. The van der Waals surface area contributed by atoms with Gasteiger partial charge in [-0.2, -0.15) is 0 Å². The highest BCUT2D eigenvalue weighted by atomic mass is 127. The molecule has 4 heteroatoms. The van der Waals surface area contributed by atoms with Crippen molar-refractivity contribution in [3.05, 3.63) is 125 Å². The van der Waals surface area contributed by atoms with Crippen LogP contribution in [0.15, 0.2) is 97.1 Å². The van der Waals surface area contributed by atoms with Gasteiger partial charge in [0.05, 0.1) is 0 Å². The maximum atomic E-state index is 2.74. The van der Waals surface area contributed by atoms with E-state index >= 15 is 0 Å². The van der Waals surface area contributed by atoms with Gasteiger partial charge in [0.25, 0.3) is 6.71 Å². The lowest BCUT2D eigenvalue weighted by atomic mass is 9.33. The lowest BCUT2D eigenvalue weighted by molar-refractivity contribution is 0.0789. The number of nitrogens with zero attached hydrogens (tertiary/aromatic N) is 2. The lowest BCUT2D eigenvalue weighted by Crippen LogP contribution is -2.61. The molecule has 0 saturated heterocycles. The molecule has 0 spiro atoms. The van der Waals surface area contributed by atoms with Gasteiger partial charge in [-0.1, -0.05) is 196 Å². The molecule has 2 heterocycles. The number of fused-ring (bicyclic) bond motifs is 4. The van der Waals surface area contributed by atoms with Crippen LogP contribution in [0, 0.1) is 27.6 Å². The largest absolute Gasteiger partial charge is 0.311 e. The van der Waals surface area contributed by atoms with Crippen LogP contribution < -0.4 is 26.2 Å². The summed E-state index contributed by atoms with van der Waals surface area (Å²) in [6, 6.07) is 39.7. The quantitative estimate of drug-likeness (QED) is 0.0963. The molecule has 0 radical (unpaired) electrons. The zero-order valence-corrected chi connectivity index (χ0v) is 46.2. The molecular formula is C62H80BIN2. The van der Waals surface area contributed by atoms with Gasteiger partial charge in [0, 0.05) is 38.0 Å². The highest BCUT2D eigenvalue weighted by molar-refractivity contribution is 14.1. The Labute approximate surface area is 415 Å². The van der Waals surface area contributed by atoms with E-state index in [9.17, 15) is 0 Å². The monoisotopic (exact) mass is 991 g/mol. The van der Waals surface area contributed by atoms with Crippen molar-refractivity contribution in [2.24, 2.45) is 27.6 Å². The highest BCUT2D eigenvalue weighted by Crippen LogP contribution is 2.65. The fourth-order valence-electron chi connectivity index (χ4n) is 13.0. The van der Waals surface area contributed by atoms with E-state index in [1.165, 1.54) is 97.6 Å². The summed E-state index contributed by atoms with van der Waals surface area (Å²) in [6.45, 7) is 43.9. The van der Waals surface area contributed by atoms with Crippen LogP contribution in [0.3, 0.4) is 0 Å². The van der Waals surface area contributed by atoms with Gasteiger partial charge in [0.2, 0.25) is 0 Å². The molecule has 0 bridgehead atoms. The van der Waals surface area contributed by atoms with Crippen molar-refractivity contribution in [2.45, 2.75) is 176 Å². The van der Waals surface area contributed by atoms with E-state index in [0.29, 0.717) is 21.7 Å². The normalized spacial score (nSPS) is 25.2. The molecule has 0 amide bonds. The van der Waals surface area contributed by atoms with E-state index in [2.05, 4.69) is 254 Å². The fraction of sp³-hybridized carbons (Fsp3) is 0.516. The minimum Gasteiger partial charge on any atom is -0.311 e. The summed E-state index contributed by atoms with van der Waals surface area (Å²) in [7, 11) is 0. The first-order valence-electron chi connectivity index (χ1n) is 25.5. The van der Waals surface area contributed by atoms with E-state index in [-0.39, 0.29) is 44.6 Å². The highest BCUT2D eigenvalue weighted by Gasteiger charge is 2.56. The molecule has 9 rings (SSSR count). The lowest BCUT2D eigenvalue weighted by Gasteiger charge is -2.46. The van der Waals surface area contributed by atoms with E-state index in [4.69, 9.17) is 0 Å². The Kier molecular flexibility index (Phi) is 11.2. The number of hydrogen-bond acceptors (Lipinski definition) is 2. The summed E-state index contributed by atoms with van der Waals surface area (Å²) >= 11 is 2.74. The predicted molar refractivity (Wildman–Crippen MR) is 298 cm³/mol. The molecule has 2 saturated carbocycles. The Morgan fingerprint density at radius 2 is 0.985 bits per heavy atom. The van der Waals surface area contributed by atoms with Gasteiger partial charge in [-0.05, 0) is 168 Å². The van der Waals surface area contributed by atoms with Gasteiger partial charge in [-0.15, -0.1) is 0 Å². The number of hydrogen-bond donors (Lipinski definition) is 0. The maximum absolute atomic E-state index is 2.74. The van der Waals surface area contributed by atoms with Crippen molar-refractivity contribution in [2.75, 3.05) is 9.80 Å². The van der Waals surface area contributed by atoms with Crippen LogP contribution in [0.5, 0.6) is 0 Å². The summed E-state index contributed by atoms with van der Waals surface area (Å²) in [5.74, 6) is 1.64. The average molecular weight is 991 g/mol. The van der Waals surface area contributed by atoms with Gasteiger partial charge in [0.15, 0.2) is 0 Å². The molecule has 5 aromatic rings. The van der Waals surface area contributed by atoms with E-state index in [1.807, 2.05) is 0 Å². The van der Waals surface area contributed by atoms with Crippen LogP contribution >= 0.6 is 22.6 Å². The summed E-state index contributed by atoms with van der Waals surface area (Å²) in [5.41, 5.74) is 19.9. The molecule has 348 valence electrons. The topological polar surface area (TPSA) is 6.48 Å². The summed E-state index contributed by atoms with van der Waals surface area (Å²) in [5, 5.41) is 0. The minimum atomic E-state index is -0.0771. The molecule has 2 fully saturated rings. The van der Waals surface area contributed by atoms with Crippen LogP contribution in [0.25, 0.3) is 0 Å². The van der Waals surface area contributed by atoms with Crippen molar-refractivity contribution in [3.8, 4) is 0 Å². The Balaban J connectivity index is 1.34. The zero-order valence-electron chi connectivity index (χ0n) is 44.0. The van der Waals surface area contributed by atoms with Gasteiger partial charge in [-0.3, -0.25) is 0 Å². The van der Waals surface area contributed by atoms with Crippen molar-refractivity contribution in [1.82, 2.24) is 0 Å². The molecule has 66 heavy (non-hydrogen) atoms. The predicted octanol–water partition coefficient (Wildman–Crippen LogP) is 16.6. The smallest absolute Gasteiger partial charge is 0.252 e. The van der Waals surface area contributed by atoms with Gasteiger partial charge >= 0.3 is 0 Å². The first-order valence-corrected chi connectivity index (χ1v) is 26.7. The fourth-order valence-corrected chi connectivity index (χ4v) is 14.3. The second kappa shape index (κ2) is 15.5. The Bertz CT molecular complexity index is 2680. The SMILES string of the molecule is CCC1(C)C(c2ccc3c(c2)B2c4cc(C(C)(C)C)ccc4N(c4ccc(C(C)(C)C)cc4)c4cc(C(C)(C)C)cc(c42)N3c2ccc(C3CC(I)C(C)(C)C3(C)C)cc2)CC(C)C1(C)C. The molecule has 5 unspecified atom stereocenters. The number of benzene rings is 5. The van der Waals surface area contributed by atoms with Crippen LogP contribution in [0.4, 0.5) is 34.1 Å². The second-order valence-electron chi connectivity index (χ2n) is 26.4. The van der Waals surface area contributed by atoms with E-state index < -0.39 is 0 Å².